The van der Waals surface area contributed by atoms with Crippen LogP contribution < -0.4 is 5.32 Å². The van der Waals surface area contributed by atoms with Crippen LogP contribution >= 0.6 is 0 Å². The van der Waals surface area contributed by atoms with E-state index in [1.807, 2.05) is 11.7 Å². The van der Waals surface area contributed by atoms with E-state index in [-0.39, 0.29) is 0 Å². The Hall–Kier alpha value is -1.61. The summed E-state index contributed by atoms with van der Waals surface area (Å²) in [6.45, 7) is 5.34. The van der Waals surface area contributed by atoms with Gasteiger partial charge < -0.3 is 5.32 Å². The number of aryl methyl sites for hydroxylation is 3. The van der Waals surface area contributed by atoms with Gasteiger partial charge in [-0.15, -0.1) is 0 Å². The molecule has 112 valence electrons. The molecule has 1 aromatic carbocycles. The first-order valence-electron chi connectivity index (χ1n) is 7.92. The number of hydrogen-bond donors (Lipinski definition) is 1. The van der Waals surface area contributed by atoms with Crippen LogP contribution in [-0.4, -0.2) is 22.4 Å². The lowest BCUT2D eigenvalue weighted by atomic mass is 9.90. The summed E-state index contributed by atoms with van der Waals surface area (Å²) in [4.78, 5) is 0. The topological polar surface area (TPSA) is 29.9 Å². The second kappa shape index (κ2) is 6.02. The van der Waals surface area contributed by atoms with E-state index in [0.717, 1.165) is 24.7 Å². The summed E-state index contributed by atoms with van der Waals surface area (Å²) in [5, 5.41) is 8.18. The van der Waals surface area contributed by atoms with Crippen LogP contribution in [0, 0.1) is 13.8 Å². The van der Waals surface area contributed by atoms with Gasteiger partial charge in [0.15, 0.2) is 0 Å². The van der Waals surface area contributed by atoms with Crippen molar-refractivity contribution in [1.29, 1.82) is 0 Å². The molecule has 0 spiro atoms. The summed E-state index contributed by atoms with van der Waals surface area (Å²) in [5.41, 5.74) is 5.27. The van der Waals surface area contributed by atoms with Gasteiger partial charge in [-0.3, -0.25) is 4.68 Å². The number of rotatable bonds is 6. The molecular formula is C18H25N3. The fraction of sp³-hybridized carbons (Fsp3) is 0.500. The van der Waals surface area contributed by atoms with Gasteiger partial charge in [0.25, 0.3) is 0 Å². The lowest BCUT2D eigenvalue weighted by Crippen LogP contribution is -2.25. The number of nitrogens with zero attached hydrogens (tertiary/aromatic N) is 2. The maximum atomic E-state index is 4.48. The highest BCUT2D eigenvalue weighted by molar-refractivity contribution is 5.31. The Morgan fingerprint density at radius 3 is 2.67 bits per heavy atom. The maximum absolute atomic E-state index is 4.48. The third-order valence-corrected chi connectivity index (χ3v) is 4.41. The van der Waals surface area contributed by atoms with E-state index in [4.69, 9.17) is 0 Å². The molecule has 0 amide bonds. The van der Waals surface area contributed by atoms with Crippen molar-refractivity contribution >= 4 is 0 Å². The average Bonchev–Trinajstić information content (AvgIpc) is 3.21. The fourth-order valence-corrected chi connectivity index (χ4v) is 3.04. The van der Waals surface area contributed by atoms with Crippen LogP contribution in [0.3, 0.4) is 0 Å². The molecule has 1 atom stereocenters. The number of hydrogen-bond acceptors (Lipinski definition) is 2. The van der Waals surface area contributed by atoms with E-state index in [1.54, 1.807) is 0 Å². The van der Waals surface area contributed by atoms with Gasteiger partial charge in [-0.05, 0) is 50.3 Å². The van der Waals surface area contributed by atoms with Crippen molar-refractivity contribution in [2.45, 2.75) is 45.1 Å². The molecule has 1 fully saturated rings. The molecule has 3 heteroatoms. The average molecular weight is 283 g/mol. The van der Waals surface area contributed by atoms with Crippen molar-refractivity contribution in [3.8, 4) is 0 Å². The standard InChI is InChI=1S/C18H25N3/c1-13-6-4-5-7-18(13)15(12-19-16-8-9-16)11-17-10-14(2)20-21(17)3/h4-7,10,15-16,19H,8-9,11-12H2,1-3H3. The van der Waals surface area contributed by atoms with Gasteiger partial charge in [0.2, 0.25) is 0 Å². The van der Waals surface area contributed by atoms with Gasteiger partial charge in [-0.25, -0.2) is 0 Å². The molecule has 0 radical (unpaired) electrons. The van der Waals surface area contributed by atoms with E-state index in [9.17, 15) is 0 Å². The molecule has 0 aliphatic heterocycles. The molecule has 1 saturated carbocycles. The Balaban J connectivity index is 1.81. The Kier molecular flexibility index (Phi) is 4.11. The van der Waals surface area contributed by atoms with Gasteiger partial charge in [-0.1, -0.05) is 24.3 Å². The largest absolute Gasteiger partial charge is 0.313 e. The SMILES string of the molecule is Cc1cc(CC(CNC2CC2)c2ccccc2C)n(C)n1. The minimum absolute atomic E-state index is 0.515. The minimum Gasteiger partial charge on any atom is -0.313 e. The van der Waals surface area contributed by atoms with Crippen molar-refractivity contribution in [2.24, 2.45) is 7.05 Å². The summed E-state index contributed by atoms with van der Waals surface area (Å²) in [6, 6.07) is 11.7. The smallest absolute Gasteiger partial charge is 0.0596 e. The van der Waals surface area contributed by atoms with Crippen LogP contribution in [0.4, 0.5) is 0 Å². The van der Waals surface area contributed by atoms with Gasteiger partial charge in [-0.2, -0.15) is 5.10 Å². The predicted molar refractivity (Wildman–Crippen MR) is 86.6 cm³/mol. The molecule has 21 heavy (non-hydrogen) atoms. The molecule has 0 saturated heterocycles. The molecule has 3 rings (SSSR count). The molecule has 1 aliphatic carbocycles. The second-order valence-electron chi connectivity index (χ2n) is 6.34. The first-order chi connectivity index (χ1) is 10.1. The third-order valence-electron chi connectivity index (χ3n) is 4.41. The van der Waals surface area contributed by atoms with Crippen LogP contribution in [0.2, 0.25) is 0 Å². The van der Waals surface area contributed by atoms with Gasteiger partial charge in [0, 0.05) is 31.2 Å². The zero-order valence-electron chi connectivity index (χ0n) is 13.3. The molecular weight excluding hydrogens is 258 g/mol. The van der Waals surface area contributed by atoms with E-state index >= 15 is 0 Å². The highest BCUT2D eigenvalue weighted by Crippen LogP contribution is 2.26. The second-order valence-corrected chi connectivity index (χ2v) is 6.34. The molecule has 0 bridgehead atoms. The highest BCUT2D eigenvalue weighted by atomic mass is 15.3. The quantitative estimate of drug-likeness (QED) is 0.883. The van der Waals surface area contributed by atoms with Crippen molar-refractivity contribution in [1.82, 2.24) is 15.1 Å². The Bertz CT molecular complexity index is 611. The van der Waals surface area contributed by atoms with E-state index in [2.05, 4.69) is 54.6 Å². The summed E-state index contributed by atoms with van der Waals surface area (Å²) in [6.07, 6.45) is 3.72. The Morgan fingerprint density at radius 1 is 1.29 bits per heavy atom. The molecule has 1 aliphatic rings. The normalized spacial score (nSPS) is 16.1. The molecule has 2 aromatic rings. The van der Waals surface area contributed by atoms with Crippen molar-refractivity contribution in [3.05, 3.63) is 52.8 Å². The third kappa shape index (κ3) is 3.53. The minimum atomic E-state index is 0.515. The Morgan fingerprint density at radius 2 is 2.05 bits per heavy atom. The van der Waals surface area contributed by atoms with Crippen molar-refractivity contribution in [2.75, 3.05) is 6.54 Å². The lowest BCUT2D eigenvalue weighted by Gasteiger charge is -2.20. The Labute approximate surface area is 127 Å². The fourth-order valence-electron chi connectivity index (χ4n) is 3.04. The van der Waals surface area contributed by atoms with E-state index in [0.29, 0.717) is 5.92 Å². The summed E-state index contributed by atoms with van der Waals surface area (Å²) < 4.78 is 2.03. The number of nitrogens with one attached hydrogen (secondary N) is 1. The van der Waals surface area contributed by atoms with Crippen molar-refractivity contribution < 1.29 is 0 Å². The summed E-state index contributed by atoms with van der Waals surface area (Å²) in [7, 11) is 2.05. The molecule has 1 N–H and O–H groups in total. The number of aromatic nitrogens is 2. The van der Waals surface area contributed by atoms with Gasteiger partial charge >= 0.3 is 0 Å². The maximum Gasteiger partial charge on any atom is 0.0596 e. The van der Waals surface area contributed by atoms with Crippen LogP contribution in [0.1, 0.15) is 41.3 Å². The van der Waals surface area contributed by atoms with Crippen molar-refractivity contribution in [3.63, 3.8) is 0 Å². The highest BCUT2D eigenvalue weighted by Gasteiger charge is 2.23. The van der Waals surface area contributed by atoms with Crippen LogP contribution in [0.15, 0.2) is 30.3 Å². The first kappa shape index (κ1) is 14.3. The van der Waals surface area contributed by atoms with Crippen LogP contribution in [-0.2, 0) is 13.5 Å². The van der Waals surface area contributed by atoms with E-state index in [1.165, 1.54) is 29.7 Å². The predicted octanol–water partition coefficient (Wildman–Crippen LogP) is 3.12. The molecule has 1 heterocycles. The first-order valence-corrected chi connectivity index (χ1v) is 7.92. The molecule has 3 nitrogen and oxygen atoms in total. The molecule has 1 unspecified atom stereocenters. The summed E-state index contributed by atoms with van der Waals surface area (Å²) in [5.74, 6) is 0.515. The zero-order valence-corrected chi connectivity index (χ0v) is 13.3. The van der Waals surface area contributed by atoms with Gasteiger partial charge in [0.05, 0.1) is 5.69 Å². The molecule has 1 aromatic heterocycles. The monoisotopic (exact) mass is 283 g/mol. The number of benzene rings is 1. The summed E-state index contributed by atoms with van der Waals surface area (Å²) >= 11 is 0. The van der Waals surface area contributed by atoms with Crippen LogP contribution in [0.5, 0.6) is 0 Å². The lowest BCUT2D eigenvalue weighted by molar-refractivity contribution is 0.555. The van der Waals surface area contributed by atoms with Gasteiger partial charge in [0.1, 0.15) is 0 Å². The van der Waals surface area contributed by atoms with E-state index < -0.39 is 0 Å². The zero-order chi connectivity index (χ0) is 14.8. The van der Waals surface area contributed by atoms with Crippen LogP contribution in [0.25, 0.3) is 0 Å².